The van der Waals surface area contributed by atoms with Crippen molar-refractivity contribution in [1.29, 1.82) is 0 Å². The van der Waals surface area contributed by atoms with Gasteiger partial charge in [-0.3, -0.25) is 4.98 Å². The molecule has 0 radical (unpaired) electrons. The van der Waals surface area contributed by atoms with Crippen molar-refractivity contribution >= 4 is 17.4 Å². The molecule has 1 atom stereocenters. The van der Waals surface area contributed by atoms with Crippen molar-refractivity contribution in [2.75, 3.05) is 18.0 Å². The van der Waals surface area contributed by atoms with Gasteiger partial charge in [0.15, 0.2) is 0 Å². The SMILES string of the molecule is CCCNC(CSC(C)C)c1cnccc1N. The molecule has 0 saturated carbocycles. The molecule has 0 fully saturated rings. The molecule has 0 aliphatic carbocycles. The molecule has 3 N–H and O–H groups in total. The van der Waals surface area contributed by atoms with Crippen LogP contribution in [0.2, 0.25) is 0 Å². The summed E-state index contributed by atoms with van der Waals surface area (Å²) in [6, 6.07) is 2.17. The van der Waals surface area contributed by atoms with Crippen molar-refractivity contribution in [1.82, 2.24) is 10.3 Å². The normalized spacial score (nSPS) is 12.9. The molecule has 3 nitrogen and oxygen atoms in total. The Morgan fingerprint density at radius 2 is 2.24 bits per heavy atom. The van der Waals surface area contributed by atoms with E-state index in [0.717, 1.165) is 30.0 Å². The zero-order valence-electron chi connectivity index (χ0n) is 10.9. The molecule has 0 saturated heterocycles. The Labute approximate surface area is 109 Å². The van der Waals surface area contributed by atoms with E-state index < -0.39 is 0 Å². The molecule has 4 heteroatoms. The van der Waals surface area contributed by atoms with Crippen LogP contribution in [0.15, 0.2) is 18.5 Å². The van der Waals surface area contributed by atoms with Gasteiger partial charge in [-0.1, -0.05) is 20.8 Å². The van der Waals surface area contributed by atoms with Crippen LogP contribution in [0.1, 0.15) is 38.8 Å². The summed E-state index contributed by atoms with van der Waals surface area (Å²) in [5, 5.41) is 4.18. The molecule has 0 aliphatic heterocycles. The topological polar surface area (TPSA) is 50.9 Å². The first-order valence-corrected chi connectivity index (χ1v) is 7.24. The molecular weight excluding hydrogens is 230 g/mol. The van der Waals surface area contributed by atoms with Crippen molar-refractivity contribution < 1.29 is 0 Å². The Morgan fingerprint density at radius 3 is 2.82 bits per heavy atom. The number of nitrogens with two attached hydrogens (primary N) is 1. The number of hydrogen-bond acceptors (Lipinski definition) is 4. The van der Waals surface area contributed by atoms with Gasteiger partial charge in [0.05, 0.1) is 0 Å². The average molecular weight is 253 g/mol. The number of aromatic nitrogens is 1. The lowest BCUT2D eigenvalue weighted by atomic mass is 10.1. The van der Waals surface area contributed by atoms with Gasteiger partial charge in [-0.15, -0.1) is 0 Å². The predicted octanol–water partition coefficient (Wildman–Crippen LogP) is 2.85. The number of pyridine rings is 1. The zero-order valence-corrected chi connectivity index (χ0v) is 11.8. The van der Waals surface area contributed by atoms with Crippen molar-refractivity contribution in [2.45, 2.75) is 38.5 Å². The third-order valence-electron chi connectivity index (χ3n) is 2.50. The van der Waals surface area contributed by atoms with Gasteiger partial charge in [0.25, 0.3) is 0 Å². The third kappa shape index (κ3) is 4.96. The highest BCUT2D eigenvalue weighted by atomic mass is 32.2. The Bertz CT molecular complexity index is 328. The lowest BCUT2D eigenvalue weighted by molar-refractivity contribution is 0.577. The largest absolute Gasteiger partial charge is 0.398 e. The maximum absolute atomic E-state index is 6.01. The van der Waals surface area contributed by atoms with E-state index in [1.165, 1.54) is 0 Å². The number of hydrogen-bond donors (Lipinski definition) is 2. The number of anilines is 1. The van der Waals surface area contributed by atoms with E-state index >= 15 is 0 Å². The van der Waals surface area contributed by atoms with Crippen molar-refractivity contribution in [3.8, 4) is 0 Å². The molecular formula is C13H23N3S. The van der Waals surface area contributed by atoms with E-state index in [-0.39, 0.29) is 0 Å². The maximum Gasteiger partial charge on any atom is 0.0447 e. The molecule has 96 valence electrons. The van der Waals surface area contributed by atoms with Gasteiger partial charge in [0.1, 0.15) is 0 Å². The lowest BCUT2D eigenvalue weighted by Crippen LogP contribution is -2.25. The van der Waals surface area contributed by atoms with Crippen LogP contribution < -0.4 is 11.1 Å². The van der Waals surface area contributed by atoms with Crippen LogP contribution in [-0.4, -0.2) is 22.5 Å². The van der Waals surface area contributed by atoms with Gasteiger partial charge in [-0.2, -0.15) is 11.8 Å². The molecule has 1 aromatic heterocycles. The summed E-state index contributed by atoms with van der Waals surface area (Å²) in [6.45, 7) is 7.62. The Hall–Kier alpha value is -0.740. The second-order valence-electron chi connectivity index (χ2n) is 4.39. The lowest BCUT2D eigenvalue weighted by Gasteiger charge is -2.20. The Balaban J connectivity index is 2.71. The fourth-order valence-corrected chi connectivity index (χ4v) is 2.45. The van der Waals surface area contributed by atoms with E-state index in [4.69, 9.17) is 5.73 Å². The maximum atomic E-state index is 6.01. The molecule has 0 bridgehead atoms. The molecule has 1 unspecified atom stereocenters. The average Bonchev–Trinajstić information content (AvgIpc) is 2.30. The van der Waals surface area contributed by atoms with E-state index in [1.54, 1.807) is 6.20 Å². The predicted molar refractivity (Wildman–Crippen MR) is 77.3 cm³/mol. The number of nitrogens with zero attached hydrogens (tertiary/aromatic N) is 1. The third-order valence-corrected chi connectivity index (χ3v) is 3.69. The van der Waals surface area contributed by atoms with Gasteiger partial charge in [0, 0.05) is 35.4 Å². The summed E-state index contributed by atoms with van der Waals surface area (Å²) >= 11 is 1.95. The van der Waals surface area contributed by atoms with Crippen LogP contribution in [0.25, 0.3) is 0 Å². The van der Waals surface area contributed by atoms with Crippen LogP contribution in [-0.2, 0) is 0 Å². The van der Waals surface area contributed by atoms with Crippen molar-refractivity contribution in [3.63, 3.8) is 0 Å². The minimum atomic E-state index is 0.302. The molecule has 0 amide bonds. The van der Waals surface area contributed by atoms with Crippen LogP contribution >= 0.6 is 11.8 Å². The van der Waals surface area contributed by atoms with E-state index in [9.17, 15) is 0 Å². The zero-order chi connectivity index (χ0) is 12.7. The summed E-state index contributed by atoms with van der Waals surface area (Å²) in [7, 11) is 0. The number of nitrogen functional groups attached to an aromatic ring is 1. The molecule has 0 spiro atoms. The first-order chi connectivity index (χ1) is 8.15. The van der Waals surface area contributed by atoms with Crippen LogP contribution in [0, 0.1) is 0 Å². The molecule has 0 aliphatic rings. The number of rotatable bonds is 7. The van der Waals surface area contributed by atoms with Crippen molar-refractivity contribution in [2.24, 2.45) is 0 Å². The van der Waals surface area contributed by atoms with E-state index in [1.807, 2.05) is 24.0 Å². The highest BCUT2D eigenvalue weighted by molar-refractivity contribution is 7.99. The summed E-state index contributed by atoms with van der Waals surface area (Å²) in [4.78, 5) is 4.17. The van der Waals surface area contributed by atoms with Crippen LogP contribution in [0.3, 0.4) is 0 Å². The number of nitrogens with one attached hydrogen (secondary N) is 1. The second-order valence-corrected chi connectivity index (χ2v) is 6.00. The summed E-state index contributed by atoms with van der Waals surface area (Å²) in [5.41, 5.74) is 7.96. The highest BCUT2D eigenvalue weighted by Crippen LogP contribution is 2.24. The summed E-state index contributed by atoms with van der Waals surface area (Å²) < 4.78 is 0. The first kappa shape index (κ1) is 14.3. The molecule has 1 heterocycles. The van der Waals surface area contributed by atoms with Crippen LogP contribution in [0.5, 0.6) is 0 Å². The second kappa shape index (κ2) is 7.56. The molecule has 1 aromatic rings. The highest BCUT2D eigenvalue weighted by Gasteiger charge is 2.14. The summed E-state index contributed by atoms with van der Waals surface area (Å²) in [5.74, 6) is 1.04. The van der Waals surface area contributed by atoms with E-state index in [2.05, 4.69) is 31.1 Å². The molecule has 1 rings (SSSR count). The van der Waals surface area contributed by atoms with Gasteiger partial charge in [-0.25, -0.2) is 0 Å². The van der Waals surface area contributed by atoms with Crippen molar-refractivity contribution in [3.05, 3.63) is 24.0 Å². The fourth-order valence-electron chi connectivity index (χ4n) is 1.57. The number of thioether (sulfide) groups is 1. The fraction of sp³-hybridized carbons (Fsp3) is 0.615. The first-order valence-electron chi connectivity index (χ1n) is 6.19. The Morgan fingerprint density at radius 1 is 1.47 bits per heavy atom. The van der Waals surface area contributed by atoms with Gasteiger partial charge in [-0.05, 0) is 24.3 Å². The standard InChI is InChI=1S/C13H23N3S/c1-4-6-16-13(9-17-10(2)3)11-8-15-7-5-12(11)14/h5,7-8,10,13,16H,4,6,9H2,1-3H3,(H2,14,15). The quantitative estimate of drug-likeness (QED) is 0.784. The smallest absolute Gasteiger partial charge is 0.0447 e. The van der Waals surface area contributed by atoms with Gasteiger partial charge in [0.2, 0.25) is 0 Å². The van der Waals surface area contributed by atoms with E-state index in [0.29, 0.717) is 11.3 Å². The minimum absolute atomic E-state index is 0.302. The minimum Gasteiger partial charge on any atom is -0.398 e. The molecule has 17 heavy (non-hydrogen) atoms. The van der Waals surface area contributed by atoms with Crippen LogP contribution in [0.4, 0.5) is 5.69 Å². The van der Waals surface area contributed by atoms with Gasteiger partial charge >= 0.3 is 0 Å². The summed E-state index contributed by atoms with van der Waals surface area (Å²) in [6.07, 6.45) is 4.75. The molecule has 0 aromatic carbocycles. The Kier molecular flexibility index (Phi) is 6.37. The monoisotopic (exact) mass is 253 g/mol. The van der Waals surface area contributed by atoms with Gasteiger partial charge < -0.3 is 11.1 Å².